The number of rotatable bonds is 5. The Balaban J connectivity index is 1.54. The summed E-state index contributed by atoms with van der Waals surface area (Å²) in [6, 6.07) is 13.3. The highest BCUT2D eigenvalue weighted by molar-refractivity contribution is 6.33. The largest absolute Gasteiger partial charge is 0.381 e. The topological polar surface area (TPSA) is 64.7 Å². The van der Waals surface area contributed by atoms with Crippen molar-refractivity contribution in [1.29, 1.82) is 0 Å². The number of hydrogen-bond acceptors (Lipinski definition) is 4. The van der Waals surface area contributed by atoms with Crippen LogP contribution in [0.25, 0.3) is 16.7 Å². The summed E-state index contributed by atoms with van der Waals surface area (Å²) in [4.78, 5) is 17.2. The molecule has 0 unspecified atom stereocenters. The first-order valence-electron chi connectivity index (χ1n) is 9.16. The Morgan fingerprint density at radius 2 is 1.90 bits per heavy atom. The van der Waals surface area contributed by atoms with Crippen molar-refractivity contribution in [2.24, 2.45) is 0 Å². The summed E-state index contributed by atoms with van der Waals surface area (Å²) in [5.41, 5.74) is 3.62. The number of nitrogens with one attached hydrogen (secondary N) is 1. The minimum Gasteiger partial charge on any atom is -0.381 e. The van der Waals surface area contributed by atoms with Crippen molar-refractivity contribution < 1.29 is 0 Å². The lowest BCUT2D eigenvalue weighted by Gasteiger charge is -2.12. The van der Waals surface area contributed by atoms with E-state index in [1.54, 1.807) is 18.3 Å². The third-order valence-corrected chi connectivity index (χ3v) is 5.59. The highest BCUT2D eigenvalue weighted by Gasteiger charge is 2.12. The standard InChI is InChI=1S/C21H19Cl2N5O/c1-13-7-8-15(11-16(13)22)28-21(29)20(23)18(12-25-28)24-9-10-27-14(2)26-17-5-3-4-6-19(17)27/h3-8,11-12,24H,9-10H2,1-2H3. The molecule has 2 heterocycles. The first-order valence-corrected chi connectivity index (χ1v) is 9.91. The second-order valence-corrected chi connectivity index (χ2v) is 7.53. The molecule has 8 heteroatoms. The molecular formula is C21H19Cl2N5O. The predicted octanol–water partition coefficient (Wildman–Crippen LogP) is 4.62. The van der Waals surface area contributed by atoms with Gasteiger partial charge in [-0.3, -0.25) is 4.79 Å². The van der Waals surface area contributed by atoms with Gasteiger partial charge in [0.15, 0.2) is 0 Å². The van der Waals surface area contributed by atoms with Gasteiger partial charge in [0.1, 0.15) is 10.8 Å². The minimum absolute atomic E-state index is 0.0870. The maximum absolute atomic E-state index is 12.7. The van der Waals surface area contributed by atoms with Gasteiger partial charge >= 0.3 is 0 Å². The van der Waals surface area contributed by atoms with Crippen LogP contribution < -0.4 is 10.9 Å². The van der Waals surface area contributed by atoms with Crippen molar-refractivity contribution >= 4 is 39.9 Å². The molecule has 29 heavy (non-hydrogen) atoms. The van der Waals surface area contributed by atoms with E-state index < -0.39 is 5.56 Å². The Kier molecular flexibility index (Phi) is 5.30. The second kappa shape index (κ2) is 7.89. The van der Waals surface area contributed by atoms with Crippen molar-refractivity contribution in [3.05, 3.63) is 80.4 Å². The fourth-order valence-electron chi connectivity index (χ4n) is 3.23. The summed E-state index contributed by atoms with van der Waals surface area (Å²) < 4.78 is 3.37. The first-order chi connectivity index (χ1) is 14.0. The zero-order valence-electron chi connectivity index (χ0n) is 16.0. The van der Waals surface area contributed by atoms with E-state index in [1.807, 2.05) is 44.2 Å². The Morgan fingerprint density at radius 1 is 1.10 bits per heavy atom. The van der Waals surface area contributed by atoms with Crippen molar-refractivity contribution in [2.45, 2.75) is 20.4 Å². The molecule has 0 atom stereocenters. The average molecular weight is 428 g/mol. The lowest BCUT2D eigenvalue weighted by Crippen LogP contribution is -2.23. The SMILES string of the molecule is Cc1ccc(-n2ncc(NCCn3c(C)nc4ccccc43)c(Cl)c2=O)cc1Cl. The van der Waals surface area contributed by atoms with Gasteiger partial charge in [-0.05, 0) is 43.7 Å². The molecule has 1 N–H and O–H groups in total. The Hall–Kier alpha value is -2.83. The van der Waals surface area contributed by atoms with E-state index in [1.165, 1.54) is 4.68 Å². The van der Waals surface area contributed by atoms with Crippen molar-refractivity contribution in [3.63, 3.8) is 0 Å². The van der Waals surface area contributed by atoms with Crippen LogP contribution >= 0.6 is 23.2 Å². The molecule has 0 saturated carbocycles. The van der Waals surface area contributed by atoms with Gasteiger partial charge in [0, 0.05) is 18.1 Å². The van der Waals surface area contributed by atoms with Gasteiger partial charge < -0.3 is 9.88 Å². The molecule has 0 aliphatic rings. The zero-order chi connectivity index (χ0) is 20.5. The lowest BCUT2D eigenvalue weighted by molar-refractivity contribution is 0.719. The lowest BCUT2D eigenvalue weighted by atomic mass is 10.2. The number of para-hydroxylation sites is 2. The molecule has 0 radical (unpaired) electrons. The van der Waals surface area contributed by atoms with Crippen LogP contribution in [0.2, 0.25) is 10.0 Å². The smallest absolute Gasteiger partial charge is 0.292 e. The number of nitrogens with zero attached hydrogens (tertiary/aromatic N) is 4. The molecule has 4 aromatic rings. The van der Waals surface area contributed by atoms with Crippen molar-refractivity contribution in [2.75, 3.05) is 11.9 Å². The Labute approximate surface area is 177 Å². The molecular weight excluding hydrogens is 409 g/mol. The summed E-state index contributed by atoms with van der Waals surface area (Å²) in [7, 11) is 0. The zero-order valence-corrected chi connectivity index (χ0v) is 17.5. The summed E-state index contributed by atoms with van der Waals surface area (Å²) >= 11 is 12.5. The summed E-state index contributed by atoms with van der Waals surface area (Å²) in [6.45, 7) is 5.12. The van der Waals surface area contributed by atoms with E-state index in [9.17, 15) is 4.79 Å². The van der Waals surface area contributed by atoms with Crippen LogP contribution in [0.1, 0.15) is 11.4 Å². The first kappa shape index (κ1) is 19.5. The van der Waals surface area contributed by atoms with Gasteiger partial charge in [0.25, 0.3) is 5.56 Å². The van der Waals surface area contributed by atoms with E-state index in [4.69, 9.17) is 23.2 Å². The van der Waals surface area contributed by atoms with Crippen LogP contribution in [0.15, 0.2) is 53.5 Å². The number of fused-ring (bicyclic) bond motifs is 1. The molecule has 0 saturated heterocycles. The normalized spacial score (nSPS) is 11.2. The number of aryl methyl sites for hydroxylation is 2. The third kappa shape index (κ3) is 3.73. The summed E-state index contributed by atoms with van der Waals surface area (Å²) in [5.74, 6) is 0.934. The van der Waals surface area contributed by atoms with Crippen LogP contribution in [0, 0.1) is 13.8 Å². The molecule has 0 bridgehead atoms. The van der Waals surface area contributed by atoms with E-state index in [-0.39, 0.29) is 5.02 Å². The molecule has 6 nitrogen and oxygen atoms in total. The van der Waals surface area contributed by atoms with E-state index in [0.29, 0.717) is 29.5 Å². The molecule has 2 aromatic carbocycles. The predicted molar refractivity (Wildman–Crippen MR) is 118 cm³/mol. The van der Waals surface area contributed by atoms with E-state index in [0.717, 1.165) is 22.4 Å². The average Bonchev–Trinajstić information content (AvgIpc) is 3.03. The Bertz CT molecular complexity index is 1260. The van der Waals surface area contributed by atoms with Crippen LogP contribution in [0.3, 0.4) is 0 Å². The number of hydrogen-bond donors (Lipinski definition) is 1. The molecule has 0 amide bonds. The van der Waals surface area contributed by atoms with Gasteiger partial charge in [-0.25, -0.2) is 4.98 Å². The number of imidazole rings is 1. The fraction of sp³-hybridized carbons (Fsp3) is 0.190. The maximum Gasteiger partial charge on any atom is 0.292 e. The van der Waals surface area contributed by atoms with Crippen molar-refractivity contribution in [1.82, 2.24) is 19.3 Å². The summed E-state index contributed by atoms with van der Waals surface area (Å²) in [6.07, 6.45) is 1.55. The fourth-order valence-corrected chi connectivity index (χ4v) is 3.60. The molecule has 148 valence electrons. The quantitative estimate of drug-likeness (QED) is 0.504. The van der Waals surface area contributed by atoms with Crippen LogP contribution in [0.5, 0.6) is 0 Å². The molecule has 0 spiro atoms. The minimum atomic E-state index is -0.402. The van der Waals surface area contributed by atoms with Crippen LogP contribution in [0.4, 0.5) is 5.69 Å². The van der Waals surface area contributed by atoms with E-state index in [2.05, 4.69) is 20.0 Å². The van der Waals surface area contributed by atoms with Crippen molar-refractivity contribution in [3.8, 4) is 5.69 Å². The maximum atomic E-state index is 12.7. The van der Waals surface area contributed by atoms with E-state index >= 15 is 0 Å². The molecule has 2 aromatic heterocycles. The number of halogens is 2. The van der Waals surface area contributed by atoms with Crippen LogP contribution in [-0.2, 0) is 6.54 Å². The summed E-state index contributed by atoms with van der Waals surface area (Å²) in [5, 5.41) is 8.10. The number of anilines is 1. The van der Waals surface area contributed by atoms with Crippen LogP contribution in [-0.4, -0.2) is 25.9 Å². The second-order valence-electron chi connectivity index (χ2n) is 6.75. The molecule has 0 fully saturated rings. The molecule has 0 aliphatic carbocycles. The van der Waals surface area contributed by atoms with Gasteiger partial charge in [0.05, 0.1) is 28.6 Å². The highest BCUT2D eigenvalue weighted by atomic mass is 35.5. The Morgan fingerprint density at radius 3 is 2.69 bits per heavy atom. The monoisotopic (exact) mass is 427 g/mol. The third-order valence-electron chi connectivity index (χ3n) is 4.82. The van der Waals surface area contributed by atoms with Gasteiger partial charge in [-0.2, -0.15) is 9.78 Å². The van der Waals surface area contributed by atoms with Gasteiger partial charge in [0.2, 0.25) is 0 Å². The van der Waals surface area contributed by atoms with Gasteiger partial charge in [-0.1, -0.05) is 41.4 Å². The number of benzene rings is 2. The highest BCUT2D eigenvalue weighted by Crippen LogP contribution is 2.21. The molecule has 0 aliphatic heterocycles. The number of aromatic nitrogens is 4. The van der Waals surface area contributed by atoms with Gasteiger partial charge in [-0.15, -0.1) is 0 Å². The molecule has 4 rings (SSSR count).